The predicted molar refractivity (Wildman–Crippen MR) is 103 cm³/mol. The lowest BCUT2D eigenvalue weighted by molar-refractivity contribution is -0.246. The molecule has 1 unspecified atom stereocenters. The third-order valence-electron chi connectivity index (χ3n) is 5.43. The Hall–Kier alpha value is -3.20. The summed E-state index contributed by atoms with van der Waals surface area (Å²) in [6.07, 6.45) is -2.30. The van der Waals surface area contributed by atoms with Crippen molar-refractivity contribution in [1.82, 2.24) is 9.78 Å². The molecule has 3 aromatic rings. The van der Waals surface area contributed by atoms with Crippen LogP contribution in [0.4, 0.5) is 17.6 Å². The minimum atomic E-state index is -5.07. The van der Waals surface area contributed by atoms with E-state index in [9.17, 15) is 27.5 Å². The molecular formula is C22H18F4N2O3. The summed E-state index contributed by atoms with van der Waals surface area (Å²) < 4.78 is 62.7. The predicted octanol–water partition coefficient (Wildman–Crippen LogP) is 4.59. The number of carbonyl (C=O) groups excluding carboxylic acids is 1. The van der Waals surface area contributed by atoms with Gasteiger partial charge in [0.05, 0.1) is 12.8 Å². The van der Waals surface area contributed by atoms with E-state index >= 15 is 0 Å². The lowest BCUT2D eigenvalue weighted by Gasteiger charge is -2.28. The van der Waals surface area contributed by atoms with Crippen LogP contribution >= 0.6 is 0 Å². The number of ether oxygens (including phenoxy) is 1. The van der Waals surface area contributed by atoms with Crippen molar-refractivity contribution >= 4 is 5.97 Å². The Balaban J connectivity index is 1.92. The number of fused-ring (bicyclic) bond motifs is 3. The number of hydrogen-bond donors (Lipinski definition) is 1. The number of halogens is 4. The van der Waals surface area contributed by atoms with Crippen LogP contribution in [-0.2, 0) is 15.1 Å². The third kappa shape index (κ3) is 3.11. The van der Waals surface area contributed by atoms with Crippen LogP contribution in [0.2, 0.25) is 0 Å². The smallest absolute Gasteiger partial charge is 0.425 e. The molecule has 0 bridgehead atoms. The molecular weight excluding hydrogens is 416 g/mol. The van der Waals surface area contributed by atoms with Gasteiger partial charge in [-0.05, 0) is 42.7 Å². The van der Waals surface area contributed by atoms with Gasteiger partial charge in [-0.2, -0.15) is 18.3 Å². The number of aromatic nitrogens is 2. The lowest BCUT2D eigenvalue weighted by atomic mass is 9.89. The molecule has 0 aliphatic heterocycles. The Bertz CT molecular complexity index is 1170. The summed E-state index contributed by atoms with van der Waals surface area (Å²) in [6, 6.07) is 6.57. The van der Waals surface area contributed by atoms with Gasteiger partial charge in [0.25, 0.3) is 0 Å². The summed E-state index contributed by atoms with van der Waals surface area (Å²) in [5, 5.41) is 14.9. The van der Waals surface area contributed by atoms with E-state index in [2.05, 4.69) is 5.10 Å². The van der Waals surface area contributed by atoms with Crippen molar-refractivity contribution in [3.63, 3.8) is 0 Å². The summed E-state index contributed by atoms with van der Waals surface area (Å²) in [4.78, 5) is 12.0. The summed E-state index contributed by atoms with van der Waals surface area (Å²) in [7, 11) is 0. The van der Waals surface area contributed by atoms with Crippen LogP contribution in [0, 0.1) is 5.82 Å². The average Bonchev–Trinajstić information content (AvgIpc) is 3.30. The summed E-state index contributed by atoms with van der Waals surface area (Å²) in [5.74, 6) is -1.46. The maximum absolute atomic E-state index is 14.5. The maximum atomic E-state index is 14.5. The minimum Gasteiger partial charge on any atom is -0.464 e. The van der Waals surface area contributed by atoms with Gasteiger partial charge >= 0.3 is 12.1 Å². The van der Waals surface area contributed by atoms with Gasteiger partial charge in [-0.1, -0.05) is 24.3 Å². The Morgan fingerprint density at radius 1 is 1.23 bits per heavy atom. The van der Waals surface area contributed by atoms with Crippen LogP contribution in [0.15, 0.2) is 48.8 Å². The van der Waals surface area contributed by atoms with Crippen LogP contribution in [0.3, 0.4) is 0 Å². The Labute approximate surface area is 174 Å². The quantitative estimate of drug-likeness (QED) is 0.482. The monoisotopic (exact) mass is 434 g/mol. The Kier molecular flexibility index (Phi) is 4.88. The van der Waals surface area contributed by atoms with E-state index in [1.54, 1.807) is 19.9 Å². The van der Waals surface area contributed by atoms with E-state index in [-0.39, 0.29) is 28.9 Å². The van der Waals surface area contributed by atoms with Gasteiger partial charge in [-0.3, -0.25) is 4.68 Å². The standard InChI is InChI=1S/C22H18F4N2O3/c1-3-31-20(29)12(2)28-11-13(10-27-28)16-8-14(23)9-18-19(16)15-6-4-5-7-17(15)21(18,30)22(24,25)26/h4-12,30H,3H2,1-2H3/t12?,21-/m1/s1. The van der Waals surface area contributed by atoms with Crippen LogP contribution in [0.1, 0.15) is 31.0 Å². The third-order valence-corrected chi connectivity index (χ3v) is 5.43. The zero-order valence-electron chi connectivity index (χ0n) is 16.6. The number of nitrogens with zero attached hydrogens (tertiary/aromatic N) is 2. The largest absolute Gasteiger partial charge is 0.464 e. The van der Waals surface area contributed by atoms with Gasteiger partial charge < -0.3 is 9.84 Å². The molecule has 1 N–H and O–H groups in total. The van der Waals surface area contributed by atoms with Crippen LogP contribution in [0.5, 0.6) is 0 Å². The zero-order chi connectivity index (χ0) is 22.6. The molecule has 1 heterocycles. The van der Waals surface area contributed by atoms with Gasteiger partial charge in [0.1, 0.15) is 11.9 Å². The first-order chi connectivity index (χ1) is 14.6. The van der Waals surface area contributed by atoms with Crippen LogP contribution in [-0.4, -0.2) is 33.6 Å². The SMILES string of the molecule is CCOC(=O)C(C)n1cc(-c2cc(F)cc3c2-c2ccccc2[C@]3(O)C(F)(F)F)cn1. The molecule has 0 fully saturated rings. The molecule has 0 spiro atoms. The molecule has 4 rings (SSSR count). The molecule has 2 aromatic carbocycles. The highest BCUT2D eigenvalue weighted by atomic mass is 19.4. The topological polar surface area (TPSA) is 64.3 Å². The van der Waals surface area contributed by atoms with Crippen molar-refractivity contribution < 1.29 is 32.2 Å². The van der Waals surface area contributed by atoms with Crippen molar-refractivity contribution in [3.05, 3.63) is 65.7 Å². The fourth-order valence-corrected chi connectivity index (χ4v) is 3.94. The van der Waals surface area contributed by atoms with Crippen LogP contribution in [0.25, 0.3) is 22.3 Å². The highest BCUT2D eigenvalue weighted by Gasteiger charge is 2.61. The molecule has 1 aliphatic rings. The van der Waals surface area contributed by atoms with E-state index in [4.69, 9.17) is 4.74 Å². The summed E-state index contributed by atoms with van der Waals surface area (Å²) in [6.45, 7) is 3.40. The molecule has 5 nitrogen and oxygen atoms in total. The number of benzene rings is 2. The molecule has 0 saturated carbocycles. The fourth-order valence-electron chi connectivity index (χ4n) is 3.94. The molecule has 9 heteroatoms. The van der Waals surface area contributed by atoms with Crippen LogP contribution < -0.4 is 0 Å². The van der Waals surface area contributed by atoms with Gasteiger partial charge in [0.15, 0.2) is 0 Å². The average molecular weight is 434 g/mol. The highest BCUT2D eigenvalue weighted by molar-refractivity contribution is 5.92. The number of rotatable bonds is 4. The minimum absolute atomic E-state index is 0.0696. The number of alkyl halides is 3. The summed E-state index contributed by atoms with van der Waals surface area (Å²) >= 11 is 0. The van der Waals surface area contributed by atoms with Crippen molar-refractivity contribution in [3.8, 4) is 22.3 Å². The highest BCUT2D eigenvalue weighted by Crippen LogP contribution is 2.57. The fraction of sp³-hybridized carbons (Fsp3) is 0.273. The van der Waals surface area contributed by atoms with Gasteiger partial charge in [-0.25, -0.2) is 9.18 Å². The second-order valence-corrected chi connectivity index (χ2v) is 7.27. The van der Waals surface area contributed by atoms with Crippen molar-refractivity contribution in [2.24, 2.45) is 0 Å². The Morgan fingerprint density at radius 2 is 1.94 bits per heavy atom. The second kappa shape index (κ2) is 7.19. The number of esters is 1. The van der Waals surface area contributed by atoms with Gasteiger partial charge in [-0.15, -0.1) is 0 Å². The Morgan fingerprint density at radius 3 is 2.61 bits per heavy atom. The number of aliphatic hydroxyl groups is 1. The second-order valence-electron chi connectivity index (χ2n) is 7.27. The normalized spacial score (nSPS) is 18.4. The molecule has 0 radical (unpaired) electrons. The van der Waals surface area contributed by atoms with E-state index in [0.29, 0.717) is 11.6 Å². The number of carbonyl (C=O) groups is 1. The van der Waals surface area contributed by atoms with Crippen molar-refractivity contribution in [2.45, 2.75) is 31.7 Å². The lowest BCUT2D eigenvalue weighted by Crippen LogP contribution is -2.41. The summed E-state index contributed by atoms with van der Waals surface area (Å²) in [5.41, 5.74) is -3.64. The number of hydrogen-bond acceptors (Lipinski definition) is 4. The first-order valence-corrected chi connectivity index (χ1v) is 9.53. The molecule has 2 atom stereocenters. The molecule has 1 aromatic heterocycles. The molecule has 162 valence electrons. The maximum Gasteiger partial charge on any atom is 0.425 e. The molecule has 0 amide bonds. The van der Waals surface area contributed by atoms with Crippen molar-refractivity contribution in [2.75, 3.05) is 6.61 Å². The van der Waals surface area contributed by atoms with E-state index in [1.165, 1.54) is 35.3 Å². The van der Waals surface area contributed by atoms with Gasteiger partial charge in [0, 0.05) is 22.9 Å². The van der Waals surface area contributed by atoms with E-state index in [1.807, 2.05) is 0 Å². The first-order valence-electron chi connectivity index (χ1n) is 9.53. The zero-order valence-corrected chi connectivity index (χ0v) is 16.6. The molecule has 1 aliphatic carbocycles. The van der Waals surface area contributed by atoms with Gasteiger partial charge in [0.2, 0.25) is 5.60 Å². The van der Waals surface area contributed by atoms with E-state index < -0.39 is 35.2 Å². The van der Waals surface area contributed by atoms with E-state index in [0.717, 1.165) is 6.07 Å². The molecule has 0 saturated heterocycles. The van der Waals surface area contributed by atoms with Crippen molar-refractivity contribution in [1.29, 1.82) is 0 Å². The molecule has 31 heavy (non-hydrogen) atoms. The first kappa shape index (κ1) is 21.0.